The van der Waals surface area contributed by atoms with Gasteiger partial charge in [-0.05, 0) is 31.0 Å². The summed E-state index contributed by atoms with van der Waals surface area (Å²) in [7, 11) is 1.60. The smallest absolute Gasteiger partial charge is 0.223 e. The number of rotatable bonds is 4. The maximum Gasteiger partial charge on any atom is 0.223 e. The Morgan fingerprint density at radius 3 is 2.75 bits per heavy atom. The molecule has 0 atom stereocenters. The van der Waals surface area contributed by atoms with Crippen molar-refractivity contribution in [3.8, 4) is 5.75 Å². The Morgan fingerprint density at radius 2 is 2.06 bits per heavy atom. The summed E-state index contributed by atoms with van der Waals surface area (Å²) in [5.41, 5.74) is 8.06. The van der Waals surface area contributed by atoms with E-state index in [0.29, 0.717) is 27.5 Å². The van der Waals surface area contributed by atoms with E-state index in [9.17, 15) is 5.11 Å². The third kappa shape index (κ3) is 2.85. The van der Waals surface area contributed by atoms with Crippen LogP contribution in [0.3, 0.4) is 0 Å². The molecule has 2 fully saturated rings. The van der Waals surface area contributed by atoms with E-state index in [0.717, 1.165) is 29.7 Å². The minimum atomic E-state index is -0.975. The van der Waals surface area contributed by atoms with Crippen LogP contribution >= 0.6 is 11.6 Å². The van der Waals surface area contributed by atoms with Gasteiger partial charge in [0.25, 0.3) is 0 Å². The van der Waals surface area contributed by atoms with Gasteiger partial charge in [-0.25, -0.2) is 9.97 Å². The van der Waals surface area contributed by atoms with Crippen LogP contribution in [0.1, 0.15) is 41.8 Å². The van der Waals surface area contributed by atoms with Gasteiger partial charge >= 0.3 is 0 Å². The molecule has 1 aromatic carbocycles. The van der Waals surface area contributed by atoms with E-state index in [1.165, 1.54) is 0 Å². The molecular weight excluding hydrogens is 432 g/mol. The fourth-order valence-electron chi connectivity index (χ4n) is 4.50. The highest BCUT2D eigenvalue weighted by Crippen LogP contribution is 2.48. The topological polar surface area (TPSA) is 121 Å². The molecule has 9 nitrogen and oxygen atoms in total. The van der Waals surface area contributed by atoms with Gasteiger partial charge in [-0.3, -0.25) is 4.98 Å². The lowest BCUT2D eigenvalue weighted by molar-refractivity contribution is -0.184. The van der Waals surface area contributed by atoms with Crippen molar-refractivity contribution in [2.45, 2.75) is 30.3 Å². The van der Waals surface area contributed by atoms with Gasteiger partial charge in [0.05, 0.1) is 31.0 Å². The molecule has 4 heterocycles. The van der Waals surface area contributed by atoms with E-state index in [1.807, 2.05) is 18.2 Å². The highest BCUT2D eigenvalue weighted by molar-refractivity contribution is 6.31. The number of benzene rings is 1. The van der Waals surface area contributed by atoms with Gasteiger partial charge < -0.3 is 20.3 Å². The second-order valence-corrected chi connectivity index (χ2v) is 8.92. The van der Waals surface area contributed by atoms with Crippen molar-refractivity contribution in [3.63, 3.8) is 0 Å². The second kappa shape index (κ2) is 6.99. The molecule has 0 amide bonds. The number of hydrogen-bond acceptors (Lipinski definition) is 8. The molecule has 0 bridgehead atoms. The minimum absolute atomic E-state index is 0.182. The van der Waals surface area contributed by atoms with Crippen LogP contribution in [-0.4, -0.2) is 50.0 Å². The molecule has 1 aliphatic heterocycles. The van der Waals surface area contributed by atoms with Gasteiger partial charge in [-0.1, -0.05) is 17.7 Å². The Balaban J connectivity index is 1.27. The molecule has 32 heavy (non-hydrogen) atoms. The van der Waals surface area contributed by atoms with Crippen molar-refractivity contribution >= 4 is 34.1 Å². The number of fused-ring (bicyclic) bond motifs is 3. The van der Waals surface area contributed by atoms with E-state index in [-0.39, 0.29) is 31.0 Å². The van der Waals surface area contributed by atoms with Crippen LogP contribution in [0.15, 0.2) is 30.5 Å². The fourth-order valence-corrected chi connectivity index (χ4v) is 4.82. The zero-order valence-corrected chi connectivity index (χ0v) is 18.1. The molecule has 1 saturated heterocycles. The van der Waals surface area contributed by atoms with Crippen LogP contribution in [0.2, 0.25) is 5.02 Å². The number of hydrogen-bond donors (Lipinski definition) is 2. The number of para-hydroxylation sites is 1. The molecule has 10 heteroatoms. The van der Waals surface area contributed by atoms with Crippen molar-refractivity contribution in [2.24, 2.45) is 0 Å². The number of pyridine rings is 1. The summed E-state index contributed by atoms with van der Waals surface area (Å²) in [4.78, 5) is 13.8. The molecular formula is C22H21ClN6O3. The highest BCUT2D eigenvalue weighted by atomic mass is 35.5. The summed E-state index contributed by atoms with van der Waals surface area (Å²) in [6.45, 7) is 0.544. The van der Waals surface area contributed by atoms with Crippen LogP contribution in [0.25, 0.3) is 16.6 Å². The Bertz CT molecular complexity index is 1360. The standard InChI is InChI=1S/C22H21ClN6O3/c1-31-16-4-2-3-14-18(16)26-21(24)29-20(14)27-19(28-29)12-5-11(6-12)17-15(23)7-13(8-25-17)22(30)9-32-10-22/h2-4,7-8,11-12,30H,5-6,9-10H2,1H3,(H2,24,26). The number of anilines is 1. The van der Waals surface area contributed by atoms with Gasteiger partial charge in [0.2, 0.25) is 5.95 Å². The van der Waals surface area contributed by atoms with Crippen molar-refractivity contribution in [1.29, 1.82) is 0 Å². The second-order valence-electron chi connectivity index (χ2n) is 8.51. The van der Waals surface area contributed by atoms with Crippen LogP contribution in [0, 0.1) is 0 Å². The Labute approximate surface area is 188 Å². The summed E-state index contributed by atoms with van der Waals surface area (Å²) >= 11 is 6.51. The lowest BCUT2D eigenvalue weighted by Gasteiger charge is -2.37. The largest absolute Gasteiger partial charge is 0.494 e. The molecule has 0 radical (unpaired) electrons. The van der Waals surface area contributed by atoms with Gasteiger partial charge in [-0.15, -0.1) is 5.10 Å². The summed E-state index contributed by atoms with van der Waals surface area (Å²) < 4.78 is 12.1. The van der Waals surface area contributed by atoms with E-state index < -0.39 is 5.60 Å². The third-order valence-electron chi connectivity index (χ3n) is 6.51. The number of methoxy groups -OCH3 is 1. The number of nitrogens with two attached hydrogens (primary N) is 1. The zero-order valence-electron chi connectivity index (χ0n) is 17.3. The van der Waals surface area contributed by atoms with Crippen LogP contribution in [0.5, 0.6) is 5.75 Å². The van der Waals surface area contributed by atoms with Crippen molar-refractivity contribution < 1.29 is 14.6 Å². The number of aliphatic hydroxyl groups is 1. The normalized spacial score (nSPS) is 22.0. The predicted octanol–water partition coefficient (Wildman–Crippen LogP) is 2.80. The molecule has 2 aliphatic rings. The SMILES string of the molecule is COc1cccc2c1nc(N)n1nc(C3CC(c4ncc(C5(O)COC5)cc4Cl)C3)nc21. The summed E-state index contributed by atoms with van der Waals surface area (Å²) in [5.74, 6) is 2.05. The predicted molar refractivity (Wildman–Crippen MR) is 118 cm³/mol. The van der Waals surface area contributed by atoms with E-state index in [4.69, 9.17) is 31.8 Å². The Morgan fingerprint density at radius 1 is 1.25 bits per heavy atom. The number of nitrogens with zero attached hydrogens (tertiary/aromatic N) is 5. The minimum Gasteiger partial charge on any atom is -0.494 e. The molecule has 4 aromatic rings. The highest BCUT2D eigenvalue weighted by Gasteiger charge is 2.40. The Kier molecular flexibility index (Phi) is 4.30. The average Bonchev–Trinajstić information content (AvgIpc) is 3.17. The van der Waals surface area contributed by atoms with E-state index >= 15 is 0 Å². The third-order valence-corrected chi connectivity index (χ3v) is 6.81. The van der Waals surface area contributed by atoms with Crippen LogP contribution < -0.4 is 10.5 Å². The van der Waals surface area contributed by atoms with Crippen molar-refractivity contribution in [1.82, 2.24) is 24.6 Å². The van der Waals surface area contributed by atoms with Gasteiger partial charge in [0, 0.05) is 29.0 Å². The molecule has 6 rings (SSSR count). The number of aromatic nitrogens is 5. The van der Waals surface area contributed by atoms with Crippen LogP contribution in [0.4, 0.5) is 5.95 Å². The monoisotopic (exact) mass is 452 g/mol. The fraction of sp³-hybridized carbons (Fsp3) is 0.364. The lowest BCUT2D eigenvalue weighted by Crippen LogP contribution is -2.46. The van der Waals surface area contributed by atoms with Crippen molar-refractivity contribution in [2.75, 3.05) is 26.1 Å². The molecule has 0 spiro atoms. The molecule has 164 valence electrons. The summed E-state index contributed by atoms with van der Waals surface area (Å²) in [6, 6.07) is 7.48. The van der Waals surface area contributed by atoms with Gasteiger partial charge in [0.15, 0.2) is 11.5 Å². The first-order valence-electron chi connectivity index (χ1n) is 10.4. The molecule has 3 N–H and O–H groups in total. The quantitative estimate of drug-likeness (QED) is 0.485. The summed E-state index contributed by atoms with van der Waals surface area (Å²) in [6.07, 6.45) is 3.38. The Hall–Kier alpha value is -3.01. The molecule has 3 aromatic heterocycles. The molecule has 1 saturated carbocycles. The lowest BCUT2D eigenvalue weighted by atomic mass is 9.72. The van der Waals surface area contributed by atoms with Crippen LogP contribution in [-0.2, 0) is 10.3 Å². The number of nitrogen functional groups attached to an aromatic ring is 1. The molecule has 0 unspecified atom stereocenters. The zero-order chi connectivity index (χ0) is 22.0. The van der Waals surface area contributed by atoms with Crippen molar-refractivity contribution in [3.05, 3.63) is 52.6 Å². The summed E-state index contributed by atoms with van der Waals surface area (Å²) in [5, 5.41) is 16.5. The van der Waals surface area contributed by atoms with E-state index in [1.54, 1.807) is 23.9 Å². The van der Waals surface area contributed by atoms with Gasteiger partial charge in [0.1, 0.15) is 16.9 Å². The first kappa shape index (κ1) is 19.7. The first-order chi connectivity index (χ1) is 15.5. The average molecular weight is 453 g/mol. The number of halogens is 1. The van der Waals surface area contributed by atoms with E-state index in [2.05, 4.69) is 15.1 Å². The van der Waals surface area contributed by atoms with Gasteiger partial charge in [-0.2, -0.15) is 4.52 Å². The maximum absolute atomic E-state index is 10.4. The molecule has 1 aliphatic carbocycles. The number of ether oxygens (including phenoxy) is 2. The maximum atomic E-state index is 10.4. The first-order valence-corrected chi connectivity index (χ1v) is 10.8.